The number of hydrogen-bond acceptors (Lipinski definition) is 7. The molecule has 0 saturated carbocycles. The van der Waals surface area contributed by atoms with Gasteiger partial charge in [0.1, 0.15) is 5.82 Å². The monoisotopic (exact) mass is 326 g/mol. The lowest BCUT2D eigenvalue weighted by molar-refractivity contribution is 0.122. The highest BCUT2D eigenvalue weighted by Gasteiger charge is 2.31. The first-order valence-corrected chi connectivity index (χ1v) is 9.38. The van der Waals surface area contributed by atoms with Crippen molar-refractivity contribution in [3.8, 4) is 0 Å². The topological polar surface area (TPSA) is 75.6 Å². The van der Waals surface area contributed by atoms with Crippen molar-refractivity contribution >= 4 is 21.6 Å². The smallest absolute Gasteiger partial charge is 0.227 e. The van der Waals surface area contributed by atoms with Crippen LogP contribution in [0.15, 0.2) is 6.07 Å². The number of aryl methyl sites for hydroxylation is 1. The van der Waals surface area contributed by atoms with Gasteiger partial charge in [-0.3, -0.25) is 0 Å². The lowest BCUT2D eigenvalue weighted by Gasteiger charge is -2.29. The van der Waals surface area contributed by atoms with Gasteiger partial charge in [-0.2, -0.15) is 4.98 Å². The Morgan fingerprint density at radius 1 is 1.32 bits per heavy atom. The van der Waals surface area contributed by atoms with Gasteiger partial charge in [-0.05, 0) is 13.3 Å². The van der Waals surface area contributed by atoms with Crippen molar-refractivity contribution in [2.45, 2.75) is 19.4 Å². The van der Waals surface area contributed by atoms with Crippen LogP contribution in [0.25, 0.3) is 0 Å². The second kappa shape index (κ2) is 6.00. The number of ether oxygens (including phenoxy) is 1. The zero-order chi connectivity index (χ0) is 15.7. The molecule has 7 nitrogen and oxygen atoms in total. The third-order valence-corrected chi connectivity index (χ3v) is 5.99. The predicted octanol–water partition coefficient (Wildman–Crippen LogP) is 0.245. The van der Waals surface area contributed by atoms with Gasteiger partial charge in [-0.15, -0.1) is 0 Å². The molecule has 0 aromatic carbocycles. The summed E-state index contributed by atoms with van der Waals surface area (Å²) in [5.41, 5.74) is 0.888. The van der Waals surface area contributed by atoms with Gasteiger partial charge in [0.2, 0.25) is 5.95 Å². The molecule has 22 heavy (non-hydrogen) atoms. The fourth-order valence-corrected chi connectivity index (χ4v) is 4.66. The van der Waals surface area contributed by atoms with Crippen LogP contribution >= 0.6 is 0 Å². The molecule has 1 unspecified atom stereocenters. The molecular weight excluding hydrogens is 304 g/mol. The first kappa shape index (κ1) is 15.5. The Bertz CT molecular complexity index is 643. The van der Waals surface area contributed by atoms with Crippen LogP contribution in [-0.2, 0) is 14.6 Å². The van der Waals surface area contributed by atoms with E-state index in [-0.39, 0.29) is 17.5 Å². The standard InChI is InChI=1S/C14H22N4O3S/c1-11-9-13(17(2)12-3-8-22(19,20)10-12)16-14(15-11)18-4-6-21-7-5-18/h9,12H,3-8,10H2,1-2H3. The van der Waals surface area contributed by atoms with Gasteiger partial charge in [0.05, 0.1) is 24.7 Å². The van der Waals surface area contributed by atoms with Gasteiger partial charge < -0.3 is 14.5 Å². The molecule has 2 aliphatic heterocycles. The highest BCUT2D eigenvalue weighted by atomic mass is 32.2. The quantitative estimate of drug-likeness (QED) is 0.788. The SMILES string of the molecule is Cc1cc(N(C)C2CCS(=O)(=O)C2)nc(N2CCOCC2)n1. The van der Waals surface area contributed by atoms with Crippen LogP contribution in [-0.4, -0.2) is 69.3 Å². The zero-order valence-electron chi connectivity index (χ0n) is 13.0. The fourth-order valence-electron chi connectivity index (χ4n) is 2.89. The highest BCUT2D eigenvalue weighted by molar-refractivity contribution is 7.91. The predicted molar refractivity (Wildman–Crippen MR) is 85.3 cm³/mol. The molecule has 0 aliphatic carbocycles. The molecule has 0 bridgehead atoms. The van der Waals surface area contributed by atoms with Crippen LogP contribution in [0.5, 0.6) is 0 Å². The molecule has 1 atom stereocenters. The molecule has 0 amide bonds. The average Bonchev–Trinajstić information content (AvgIpc) is 2.87. The summed E-state index contributed by atoms with van der Waals surface area (Å²) in [6, 6.07) is 1.91. The fraction of sp³-hybridized carbons (Fsp3) is 0.714. The number of nitrogens with zero attached hydrogens (tertiary/aromatic N) is 4. The van der Waals surface area contributed by atoms with E-state index in [2.05, 4.69) is 14.9 Å². The second-order valence-electron chi connectivity index (χ2n) is 5.93. The third-order valence-electron chi connectivity index (χ3n) is 4.24. The van der Waals surface area contributed by atoms with Gasteiger partial charge >= 0.3 is 0 Å². The summed E-state index contributed by atoms with van der Waals surface area (Å²) in [5.74, 6) is 1.96. The van der Waals surface area contributed by atoms with Crippen molar-refractivity contribution in [2.24, 2.45) is 0 Å². The normalized spacial score (nSPS) is 24.5. The maximum atomic E-state index is 11.7. The van der Waals surface area contributed by atoms with Crippen molar-refractivity contribution in [1.82, 2.24) is 9.97 Å². The van der Waals surface area contributed by atoms with Crippen LogP contribution in [0.3, 0.4) is 0 Å². The van der Waals surface area contributed by atoms with Crippen LogP contribution in [0.4, 0.5) is 11.8 Å². The Kier molecular flexibility index (Phi) is 4.22. The Morgan fingerprint density at radius 3 is 2.68 bits per heavy atom. The van der Waals surface area contributed by atoms with Crippen molar-refractivity contribution in [2.75, 3.05) is 54.7 Å². The molecule has 0 spiro atoms. The molecule has 1 aromatic heterocycles. The van der Waals surface area contributed by atoms with E-state index < -0.39 is 9.84 Å². The number of sulfone groups is 1. The van der Waals surface area contributed by atoms with Crippen molar-refractivity contribution in [3.05, 3.63) is 11.8 Å². The summed E-state index contributed by atoms with van der Waals surface area (Å²) in [6.07, 6.45) is 0.661. The first-order chi connectivity index (χ1) is 10.4. The van der Waals surface area contributed by atoms with Gasteiger partial charge in [-0.1, -0.05) is 0 Å². The van der Waals surface area contributed by atoms with Crippen LogP contribution < -0.4 is 9.80 Å². The van der Waals surface area contributed by atoms with Crippen LogP contribution in [0.1, 0.15) is 12.1 Å². The molecule has 2 fully saturated rings. The minimum absolute atomic E-state index is 0.00293. The summed E-state index contributed by atoms with van der Waals surface area (Å²) >= 11 is 0. The summed E-state index contributed by atoms with van der Waals surface area (Å²) in [5, 5.41) is 0. The summed E-state index contributed by atoms with van der Waals surface area (Å²) < 4.78 is 28.7. The molecule has 2 saturated heterocycles. The highest BCUT2D eigenvalue weighted by Crippen LogP contribution is 2.23. The Morgan fingerprint density at radius 2 is 2.05 bits per heavy atom. The molecule has 1 aromatic rings. The molecule has 0 radical (unpaired) electrons. The number of anilines is 2. The Balaban J connectivity index is 1.82. The average molecular weight is 326 g/mol. The van der Waals surface area contributed by atoms with E-state index in [4.69, 9.17) is 4.74 Å². The van der Waals surface area contributed by atoms with Crippen LogP contribution in [0.2, 0.25) is 0 Å². The number of morpholine rings is 1. The van der Waals surface area contributed by atoms with Gasteiger partial charge in [0.15, 0.2) is 9.84 Å². The third kappa shape index (κ3) is 3.33. The van der Waals surface area contributed by atoms with Crippen molar-refractivity contribution in [1.29, 1.82) is 0 Å². The van der Waals surface area contributed by atoms with E-state index in [0.717, 1.165) is 24.6 Å². The molecule has 3 rings (SSSR count). The summed E-state index contributed by atoms with van der Waals surface area (Å²) in [6.45, 7) is 4.87. The first-order valence-electron chi connectivity index (χ1n) is 7.56. The Labute approximate surface area is 131 Å². The largest absolute Gasteiger partial charge is 0.378 e. The Hall–Kier alpha value is -1.41. The van der Waals surface area contributed by atoms with E-state index in [1.165, 1.54) is 0 Å². The minimum atomic E-state index is -2.90. The lowest BCUT2D eigenvalue weighted by atomic mass is 10.2. The zero-order valence-corrected chi connectivity index (χ0v) is 13.8. The van der Waals surface area contributed by atoms with Gasteiger partial charge in [0, 0.05) is 37.9 Å². The molecule has 2 aliphatic rings. The minimum Gasteiger partial charge on any atom is -0.378 e. The maximum absolute atomic E-state index is 11.7. The van der Waals surface area contributed by atoms with Gasteiger partial charge in [0.25, 0.3) is 0 Å². The second-order valence-corrected chi connectivity index (χ2v) is 8.16. The number of hydrogen-bond donors (Lipinski definition) is 0. The molecule has 8 heteroatoms. The van der Waals surface area contributed by atoms with Crippen molar-refractivity contribution in [3.63, 3.8) is 0 Å². The lowest BCUT2D eigenvalue weighted by Crippen LogP contribution is -2.38. The molecular formula is C14H22N4O3S. The maximum Gasteiger partial charge on any atom is 0.227 e. The number of aromatic nitrogens is 2. The van der Waals surface area contributed by atoms with Crippen LogP contribution in [0, 0.1) is 6.92 Å². The van der Waals surface area contributed by atoms with E-state index in [1.54, 1.807) is 0 Å². The van der Waals surface area contributed by atoms with E-state index in [9.17, 15) is 8.42 Å². The van der Waals surface area contributed by atoms with E-state index >= 15 is 0 Å². The van der Waals surface area contributed by atoms with Gasteiger partial charge in [-0.25, -0.2) is 13.4 Å². The van der Waals surface area contributed by atoms with E-state index in [0.29, 0.717) is 25.6 Å². The molecule has 122 valence electrons. The molecule has 3 heterocycles. The van der Waals surface area contributed by atoms with Crippen molar-refractivity contribution < 1.29 is 13.2 Å². The summed E-state index contributed by atoms with van der Waals surface area (Å²) in [7, 11) is -0.988. The number of rotatable bonds is 3. The van der Waals surface area contributed by atoms with E-state index in [1.807, 2.05) is 24.9 Å². The molecule has 0 N–H and O–H groups in total. The summed E-state index contributed by atoms with van der Waals surface area (Å²) in [4.78, 5) is 13.2.